The summed E-state index contributed by atoms with van der Waals surface area (Å²) < 4.78 is 10.4. The monoisotopic (exact) mass is 247 g/mol. The second-order valence-corrected chi connectivity index (χ2v) is 3.81. The minimum Gasteiger partial charge on any atom is -0.493 e. The Balaban J connectivity index is 2.43. The van der Waals surface area contributed by atoms with E-state index in [1.807, 2.05) is 0 Å². The lowest BCUT2D eigenvalue weighted by atomic mass is 10.1. The van der Waals surface area contributed by atoms with Crippen molar-refractivity contribution in [2.75, 3.05) is 14.2 Å². The highest BCUT2D eigenvalue weighted by Crippen LogP contribution is 2.32. The van der Waals surface area contributed by atoms with Crippen LogP contribution >= 0.6 is 0 Å². The van der Waals surface area contributed by atoms with Crippen molar-refractivity contribution in [2.24, 2.45) is 0 Å². The zero-order valence-corrected chi connectivity index (χ0v) is 10.1. The van der Waals surface area contributed by atoms with Crippen molar-refractivity contribution < 1.29 is 19.1 Å². The van der Waals surface area contributed by atoms with Gasteiger partial charge in [-0.15, -0.1) is 0 Å². The topological polar surface area (TPSA) is 64.6 Å². The quantitative estimate of drug-likeness (QED) is 0.642. The molecule has 0 saturated carbocycles. The first-order valence-corrected chi connectivity index (χ1v) is 5.41. The number of ether oxygens (including phenoxy) is 2. The zero-order chi connectivity index (χ0) is 13.1. The molecule has 1 aromatic rings. The maximum atomic E-state index is 11.5. The van der Waals surface area contributed by atoms with Gasteiger partial charge in [-0.1, -0.05) is 12.1 Å². The van der Waals surface area contributed by atoms with Crippen molar-refractivity contribution in [3.63, 3.8) is 0 Å². The first-order chi connectivity index (χ1) is 8.65. The van der Waals surface area contributed by atoms with Gasteiger partial charge in [0.2, 0.25) is 5.91 Å². The Morgan fingerprint density at radius 3 is 2.56 bits per heavy atom. The zero-order valence-electron chi connectivity index (χ0n) is 10.1. The largest absolute Gasteiger partial charge is 0.493 e. The van der Waals surface area contributed by atoms with Gasteiger partial charge >= 0.3 is 0 Å². The Bertz CT molecular complexity index is 534. The van der Waals surface area contributed by atoms with E-state index in [0.717, 1.165) is 0 Å². The van der Waals surface area contributed by atoms with Crippen molar-refractivity contribution in [1.29, 1.82) is 0 Å². The van der Waals surface area contributed by atoms with E-state index >= 15 is 0 Å². The molecular weight excluding hydrogens is 234 g/mol. The number of carbonyl (C=O) groups is 2. The molecule has 5 heteroatoms. The van der Waals surface area contributed by atoms with Gasteiger partial charge in [0.25, 0.3) is 5.91 Å². The molecule has 5 nitrogen and oxygen atoms in total. The highest BCUT2D eigenvalue weighted by atomic mass is 16.5. The van der Waals surface area contributed by atoms with Crippen LogP contribution in [-0.4, -0.2) is 26.0 Å². The standard InChI is InChI=1S/C13H13NO4/c1-17-10-5-3-4-8(12(10)18-2)6-9-7-11(15)14-13(9)16/h3-6H,7H2,1-2H3,(H,14,15,16). The lowest BCUT2D eigenvalue weighted by molar-refractivity contribution is -0.124. The van der Waals surface area contributed by atoms with E-state index < -0.39 is 0 Å². The molecule has 18 heavy (non-hydrogen) atoms. The van der Waals surface area contributed by atoms with Crippen LogP contribution in [0.5, 0.6) is 11.5 Å². The SMILES string of the molecule is COc1cccc(C=C2CC(=O)NC2=O)c1OC. The Morgan fingerprint density at radius 1 is 1.22 bits per heavy atom. The second kappa shape index (κ2) is 4.91. The Morgan fingerprint density at radius 2 is 2.00 bits per heavy atom. The normalized spacial score (nSPS) is 16.9. The van der Waals surface area contributed by atoms with Crippen LogP contribution in [0.25, 0.3) is 6.08 Å². The molecule has 0 radical (unpaired) electrons. The summed E-state index contributed by atoms with van der Waals surface area (Å²) in [5.74, 6) is 0.481. The summed E-state index contributed by atoms with van der Waals surface area (Å²) in [6.45, 7) is 0. The lowest BCUT2D eigenvalue weighted by Gasteiger charge is -2.10. The van der Waals surface area contributed by atoms with E-state index in [0.29, 0.717) is 22.6 Å². The van der Waals surface area contributed by atoms with E-state index in [2.05, 4.69) is 5.32 Å². The predicted octanol–water partition coefficient (Wildman–Crippen LogP) is 1.13. The van der Waals surface area contributed by atoms with Crippen molar-refractivity contribution >= 4 is 17.9 Å². The Hall–Kier alpha value is -2.30. The predicted molar refractivity (Wildman–Crippen MR) is 65.3 cm³/mol. The van der Waals surface area contributed by atoms with Crippen LogP contribution in [0, 0.1) is 0 Å². The summed E-state index contributed by atoms with van der Waals surface area (Å²) >= 11 is 0. The average molecular weight is 247 g/mol. The van der Waals surface area contributed by atoms with Crippen molar-refractivity contribution in [3.8, 4) is 11.5 Å². The van der Waals surface area contributed by atoms with E-state index in [4.69, 9.17) is 9.47 Å². The molecule has 0 aromatic heterocycles. The molecular formula is C13H13NO4. The molecule has 94 valence electrons. The van der Waals surface area contributed by atoms with Crippen molar-refractivity contribution in [3.05, 3.63) is 29.3 Å². The van der Waals surface area contributed by atoms with Crippen LogP contribution in [0.4, 0.5) is 0 Å². The molecule has 1 saturated heterocycles. The van der Waals surface area contributed by atoms with Crippen LogP contribution < -0.4 is 14.8 Å². The van der Waals surface area contributed by atoms with Gasteiger partial charge in [-0.05, 0) is 12.1 Å². The van der Waals surface area contributed by atoms with E-state index in [9.17, 15) is 9.59 Å². The first-order valence-electron chi connectivity index (χ1n) is 5.41. The molecule has 1 fully saturated rings. The van der Waals surface area contributed by atoms with Gasteiger partial charge in [0.1, 0.15) is 0 Å². The average Bonchev–Trinajstić information content (AvgIpc) is 2.67. The van der Waals surface area contributed by atoms with Gasteiger partial charge in [0.15, 0.2) is 11.5 Å². The number of amides is 2. The van der Waals surface area contributed by atoms with Gasteiger partial charge in [-0.25, -0.2) is 0 Å². The minimum atomic E-state index is -0.357. The van der Waals surface area contributed by atoms with E-state index in [1.54, 1.807) is 31.4 Å². The molecule has 1 aliphatic heterocycles. The summed E-state index contributed by atoms with van der Waals surface area (Å²) in [6.07, 6.45) is 1.74. The number of carbonyl (C=O) groups excluding carboxylic acids is 2. The maximum absolute atomic E-state index is 11.5. The third-order valence-electron chi connectivity index (χ3n) is 2.66. The van der Waals surface area contributed by atoms with Crippen LogP contribution in [-0.2, 0) is 9.59 Å². The summed E-state index contributed by atoms with van der Waals surface area (Å²) in [5.41, 5.74) is 1.13. The minimum absolute atomic E-state index is 0.0964. The smallest absolute Gasteiger partial charge is 0.254 e. The molecule has 0 spiro atoms. The summed E-state index contributed by atoms with van der Waals surface area (Å²) in [4.78, 5) is 22.6. The molecule has 1 aromatic carbocycles. The lowest BCUT2D eigenvalue weighted by Crippen LogP contribution is -2.19. The fourth-order valence-electron chi connectivity index (χ4n) is 1.83. The van der Waals surface area contributed by atoms with Gasteiger partial charge in [0, 0.05) is 11.1 Å². The molecule has 0 unspecified atom stereocenters. The van der Waals surface area contributed by atoms with Gasteiger partial charge in [-0.2, -0.15) is 0 Å². The fraction of sp³-hybridized carbons (Fsp3) is 0.231. The Kier molecular flexibility index (Phi) is 3.32. The third-order valence-corrected chi connectivity index (χ3v) is 2.66. The van der Waals surface area contributed by atoms with Gasteiger partial charge < -0.3 is 9.47 Å². The van der Waals surface area contributed by atoms with Crippen molar-refractivity contribution in [2.45, 2.75) is 6.42 Å². The maximum Gasteiger partial charge on any atom is 0.254 e. The number of benzene rings is 1. The molecule has 0 atom stereocenters. The Labute approximate surface area is 104 Å². The molecule has 1 aliphatic rings. The first kappa shape index (κ1) is 12.2. The third kappa shape index (κ3) is 2.20. The second-order valence-electron chi connectivity index (χ2n) is 3.81. The summed E-state index contributed by atoms with van der Waals surface area (Å²) in [6, 6.07) is 5.35. The number of hydrogen-bond donors (Lipinski definition) is 1. The number of methoxy groups -OCH3 is 2. The van der Waals surface area contributed by atoms with Gasteiger partial charge in [-0.3, -0.25) is 14.9 Å². The number of para-hydroxylation sites is 1. The van der Waals surface area contributed by atoms with Crippen LogP contribution in [0.1, 0.15) is 12.0 Å². The number of rotatable bonds is 3. The molecule has 2 rings (SSSR count). The van der Waals surface area contributed by atoms with Crippen molar-refractivity contribution in [1.82, 2.24) is 5.32 Å². The number of nitrogens with one attached hydrogen (secondary N) is 1. The molecule has 1 N–H and O–H groups in total. The molecule has 0 bridgehead atoms. The van der Waals surface area contributed by atoms with Crippen LogP contribution in [0.15, 0.2) is 23.8 Å². The fourth-order valence-corrected chi connectivity index (χ4v) is 1.83. The van der Waals surface area contributed by atoms with Crippen LogP contribution in [0.3, 0.4) is 0 Å². The summed E-state index contributed by atoms with van der Waals surface area (Å²) in [7, 11) is 3.07. The number of imide groups is 1. The molecule has 2 amide bonds. The number of hydrogen-bond acceptors (Lipinski definition) is 4. The van der Waals surface area contributed by atoms with E-state index in [1.165, 1.54) is 7.11 Å². The summed E-state index contributed by atoms with van der Waals surface area (Å²) in [5, 5.41) is 2.23. The molecule has 1 heterocycles. The molecule has 0 aliphatic carbocycles. The van der Waals surface area contributed by atoms with E-state index in [-0.39, 0.29) is 18.2 Å². The van der Waals surface area contributed by atoms with Crippen LogP contribution in [0.2, 0.25) is 0 Å². The highest BCUT2D eigenvalue weighted by molar-refractivity contribution is 6.15. The highest BCUT2D eigenvalue weighted by Gasteiger charge is 2.24. The van der Waals surface area contributed by atoms with Gasteiger partial charge in [0.05, 0.1) is 20.6 Å².